The molecule has 0 spiro atoms. The fourth-order valence-corrected chi connectivity index (χ4v) is 3.03. The van der Waals surface area contributed by atoms with Crippen LogP contribution in [0.2, 0.25) is 0 Å². The standard InChI is InChI=1S/C19H16O7/c1-10-25-16-5-3-12(7-18(16)26-10)14(20)8-13(19(21)22)11-2-4-15-17(6-11)24-9-23-15/h2-7,10,13H,8-9H2,1H3,(H,21,22)/t10-,13-/m1/s1. The Balaban J connectivity index is 1.56. The Morgan fingerprint density at radius 2 is 1.77 bits per heavy atom. The Morgan fingerprint density at radius 1 is 1.04 bits per heavy atom. The van der Waals surface area contributed by atoms with Crippen molar-refractivity contribution in [3.63, 3.8) is 0 Å². The van der Waals surface area contributed by atoms with E-state index in [1.165, 1.54) is 0 Å². The fraction of sp³-hybridized carbons (Fsp3) is 0.263. The zero-order valence-corrected chi connectivity index (χ0v) is 13.9. The molecule has 0 aromatic heterocycles. The molecule has 2 aliphatic rings. The first kappa shape index (κ1) is 16.3. The van der Waals surface area contributed by atoms with Crippen LogP contribution in [0.15, 0.2) is 36.4 Å². The summed E-state index contributed by atoms with van der Waals surface area (Å²) >= 11 is 0. The molecule has 7 nitrogen and oxygen atoms in total. The first-order chi connectivity index (χ1) is 12.5. The summed E-state index contributed by atoms with van der Waals surface area (Å²) in [5.74, 6) is -0.251. The molecular formula is C19H16O7. The molecule has 0 fully saturated rings. The van der Waals surface area contributed by atoms with E-state index in [4.69, 9.17) is 18.9 Å². The molecule has 0 saturated carbocycles. The number of benzene rings is 2. The second-order valence-electron chi connectivity index (χ2n) is 6.10. The molecule has 0 saturated heterocycles. The minimum absolute atomic E-state index is 0.102. The highest BCUT2D eigenvalue weighted by Gasteiger charge is 2.28. The lowest BCUT2D eigenvalue weighted by Gasteiger charge is -2.13. The van der Waals surface area contributed by atoms with Crippen LogP contribution in [0.3, 0.4) is 0 Å². The van der Waals surface area contributed by atoms with Gasteiger partial charge in [-0.3, -0.25) is 9.59 Å². The monoisotopic (exact) mass is 356 g/mol. The van der Waals surface area contributed by atoms with Crippen LogP contribution >= 0.6 is 0 Å². The smallest absolute Gasteiger partial charge is 0.311 e. The molecule has 2 aromatic rings. The second-order valence-corrected chi connectivity index (χ2v) is 6.10. The third-order valence-electron chi connectivity index (χ3n) is 4.34. The van der Waals surface area contributed by atoms with Gasteiger partial charge < -0.3 is 24.1 Å². The average molecular weight is 356 g/mol. The summed E-state index contributed by atoms with van der Waals surface area (Å²) in [5.41, 5.74) is 0.873. The Hall–Kier alpha value is -3.22. The lowest BCUT2D eigenvalue weighted by molar-refractivity contribution is -0.138. The number of fused-ring (bicyclic) bond motifs is 2. The number of carbonyl (C=O) groups excluding carboxylic acids is 1. The summed E-state index contributed by atoms with van der Waals surface area (Å²) in [6.45, 7) is 1.85. The van der Waals surface area contributed by atoms with E-state index in [9.17, 15) is 14.7 Å². The average Bonchev–Trinajstić information content (AvgIpc) is 3.22. The molecule has 0 amide bonds. The maximum Gasteiger partial charge on any atom is 0.311 e. The van der Waals surface area contributed by atoms with Crippen molar-refractivity contribution in [3.8, 4) is 23.0 Å². The van der Waals surface area contributed by atoms with Gasteiger partial charge in [0.1, 0.15) is 0 Å². The summed E-state index contributed by atoms with van der Waals surface area (Å²) in [4.78, 5) is 24.4. The van der Waals surface area contributed by atoms with Crippen LogP contribution in [0.5, 0.6) is 23.0 Å². The maximum absolute atomic E-state index is 12.6. The van der Waals surface area contributed by atoms with Crippen LogP contribution in [0, 0.1) is 0 Å². The van der Waals surface area contributed by atoms with Crippen molar-refractivity contribution in [2.24, 2.45) is 0 Å². The molecule has 0 unspecified atom stereocenters. The van der Waals surface area contributed by atoms with Crippen molar-refractivity contribution >= 4 is 11.8 Å². The summed E-state index contributed by atoms with van der Waals surface area (Å²) in [6.07, 6.45) is -0.583. The third-order valence-corrected chi connectivity index (χ3v) is 4.34. The Morgan fingerprint density at radius 3 is 2.58 bits per heavy atom. The first-order valence-corrected chi connectivity index (χ1v) is 8.14. The topological polar surface area (TPSA) is 91.3 Å². The molecule has 0 aliphatic carbocycles. The van der Waals surface area contributed by atoms with Gasteiger partial charge in [0.15, 0.2) is 28.8 Å². The summed E-state index contributed by atoms with van der Waals surface area (Å²) in [5, 5.41) is 9.59. The minimum atomic E-state index is -1.08. The number of ether oxygens (including phenoxy) is 4. The number of carboxylic acids is 1. The maximum atomic E-state index is 12.6. The van der Waals surface area contributed by atoms with Crippen LogP contribution in [0.25, 0.3) is 0 Å². The van der Waals surface area contributed by atoms with E-state index >= 15 is 0 Å². The second kappa shape index (κ2) is 6.25. The highest BCUT2D eigenvalue weighted by atomic mass is 16.7. The molecule has 4 rings (SSSR count). The van der Waals surface area contributed by atoms with Crippen LogP contribution in [0.1, 0.15) is 35.2 Å². The van der Waals surface area contributed by atoms with Crippen molar-refractivity contribution in [2.75, 3.05) is 6.79 Å². The van der Waals surface area contributed by atoms with E-state index in [1.54, 1.807) is 43.3 Å². The largest absolute Gasteiger partial charge is 0.481 e. The highest BCUT2D eigenvalue weighted by molar-refractivity contribution is 5.99. The Labute approximate surface area is 149 Å². The van der Waals surface area contributed by atoms with Gasteiger partial charge in [-0.05, 0) is 35.9 Å². The quantitative estimate of drug-likeness (QED) is 0.824. The van der Waals surface area contributed by atoms with Crippen molar-refractivity contribution in [3.05, 3.63) is 47.5 Å². The van der Waals surface area contributed by atoms with Gasteiger partial charge >= 0.3 is 5.97 Å². The molecular weight excluding hydrogens is 340 g/mol. The van der Waals surface area contributed by atoms with Crippen molar-refractivity contribution in [1.82, 2.24) is 0 Å². The van der Waals surface area contributed by atoms with Crippen LogP contribution in [0.4, 0.5) is 0 Å². The van der Waals surface area contributed by atoms with Gasteiger partial charge in [0.05, 0.1) is 5.92 Å². The predicted octanol–water partition coefficient (Wildman–Crippen LogP) is 2.97. The summed E-state index contributed by atoms with van der Waals surface area (Å²) < 4.78 is 21.4. The minimum Gasteiger partial charge on any atom is -0.481 e. The van der Waals surface area contributed by atoms with E-state index in [-0.39, 0.29) is 19.0 Å². The number of hydrogen-bond donors (Lipinski definition) is 1. The molecule has 0 radical (unpaired) electrons. The van der Waals surface area contributed by atoms with E-state index in [2.05, 4.69) is 0 Å². The number of rotatable bonds is 5. The number of hydrogen-bond acceptors (Lipinski definition) is 6. The SMILES string of the molecule is C[C@@H]1Oc2ccc(C(=O)C[C@@H](C(=O)O)c3ccc4c(c3)OCO4)cc2O1. The molecule has 0 bridgehead atoms. The van der Waals surface area contributed by atoms with Gasteiger partial charge in [-0.25, -0.2) is 0 Å². The van der Waals surface area contributed by atoms with Crippen LogP contribution in [-0.2, 0) is 4.79 Å². The molecule has 7 heteroatoms. The van der Waals surface area contributed by atoms with Gasteiger partial charge in [-0.2, -0.15) is 0 Å². The van der Waals surface area contributed by atoms with Gasteiger partial charge in [0.25, 0.3) is 0 Å². The van der Waals surface area contributed by atoms with Crippen LogP contribution < -0.4 is 18.9 Å². The number of ketones is 1. The van der Waals surface area contributed by atoms with Gasteiger partial charge in [-0.1, -0.05) is 6.07 Å². The Bertz CT molecular complexity index is 889. The normalized spacial score (nSPS) is 17.8. The Kier molecular flexibility index (Phi) is 3.91. The molecule has 2 heterocycles. The van der Waals surface area contributed by atoms with Crippen molar-refractivity contribution < 1.29 is 33.6 Å². The zero-order chi connectivity index (χ0) is 18.3. The van der Waals surface area contributed by atoms with E-state index in [0.29, 0.717) is 34.1 Å². The zero-order valence-electron chi connectivity index (χ0n) is 13.9. The van der Waals surface area contributed by atoms with Gasteiger partial charge in [0, 0.05) is 18.9 Å². The first-order valence-electron chi connectivity index (χ1n) is 8.14. The van der Waals surface area contributed by atoms with E-state index < -0.39 is 18.2 Å². The molecule has 26 heavy (non-hydrogen) atoms. The summed E-state index contributed by atoms with van der Waals surface area (Å²) in [7, 11) is 0. The van der Waals surface area contributed by atoms with E-state index in [1.807, 2.05) is 0 Å². The predicted molar refractivity (Wildman–Crippen MR) is 89.0 cm³/mol. The summed E-state index contributed by atoms with van der Waals surface area (Å²) in [6, 6.07) is 9.75. The lowest BCUT2D eigenvalue weighted by Crippen LogP contribution is -2.16. The lowest BCUT2D eigenvalue weighted by atomic mass is 9.91. The third kappa shape index (κ3) is 2.92. The fourth-order valence-electron chi connectivity index (χ4n) is 3.03. The highest BCUT2D eigenvalue weighted by Crippen LogP contribution is 2.37. The molecule has 2 aliphatic heterocycles. The molecule has 2 aromatic carbocycles. The molecule has 1 N–H and O–H groups in total. The number of Topliss-reactive ketones (excluding diaryl/α,β-unsaturated/α-hetero) is 1. The molecule has 2 atom stereocenters. The van der Waals surface area contributed by atoms with Crippen molar-refractivity contribution in [1.29, 1.82) is 0 Å². The van der Waals surface area contributed by atoms with Gasteiger partial charge in [0.2, 0.25) is 13.1 Å². The number of carbonyl (C=O) groups is 2. The van der Waals surface area contributed by atoms with E-state index in [0.717, 1.165) is 0 Å². The van der Waals surface area contributed by atoms with Gasteiger partial charge in [-0.15, -0.1) is 0 Å². The molecule has 134 valence electrons. The van der Waals surface area contributed by atoms with Crippen LogP contribution in [-0.4, -0.2) is 29.9 Å². The number of aliphatic carboxylic acids is 1. The van der Waals surface area contributed by atoms with Crippen molar-refractivity contribution in [2.45, 2.75) is 25.6 Å². The number of carboxylic acid groups (broad SMARTS) is 1.